The number of aryl methyl sites for hydroxylation is 1. The number of nitrogens with one attached hydrogen (secondary N) is 2. The first-order valence-electron chi connectivity index (χ1n) is 13.1. The van der Waals surface area contributed by atoms with Gasteiger partial charge in [0.2, 0.25) is 0 Å². The first-order valence-corrected chi connectivity index (χ1v) is 13.1. The largest absolute Gasteiger partial charge is 0.444 e. The second-order valence-electron chi connectivity index (χ2n) is 11.5. The van der Waals surface area contributed by atoms with Gasteiger partial charge in [0.15, 0.2) is 5.82 Å². The van der Waals surface area contributed by atoms with E-state index in [1.165, 1.54) is 11.1 Å². The molecule has 3 aromatic rings. The Morgan fingerprint density at radius 1 is 1.13 bits per heavy atom. The summed E-state index contributed by atoms with van der Waals surface area (Å²) in [5.74, 6) is 0.725. The molecule has 0 radical (unpaired) electrons. The maximum Gasteiger partial charge on any atom is 0.408 e. The molecule has 0 saturated heterocycles. The van der Waals surface area contributed by atoms with Crippen molar-refractivity contribution in [1.82, 2.24) is 30.2 Å². The Morgan fingerprint density at radius 2 is 1.82 bits per heavy atom. The van der Waals surface area contributed by atoms with Gasteiger partial charge >= 0.3 is 6.09 Å². The summed E-state index contributed by atoms with van der Waals surface area (Å²) in [5, 5.41) is 3.00. The number of alkyl carbamates (subject to hydrolysis) is 1. The number of carbonyl (C=O) groups is 2. The van der Waals surface area contributed by atoms with E-state index < -0.39 is 23.6 Å². The fourth-order valence-electron chi connectivity index (χ4n) is 4.92. The van der Waals surface area contributed by atoms with Gasteiger partial charge in [0.25, 0.3) is 5.91 Å². The van der Waals surface area contributed by atoms with Crippen molar-refractivity contribution in [2.75, 3.05) is 14.1 Å². The number of imidazole rings is 1. The quantitative estimate of drug-likeness (QED) is 0.452. The molecule has 1 aliphatic carbocycles. The van der Waals surface area contributed by atoms with Crippen LogP contribution in [0.4, 0.5) is 9.18 Å². The number of hydrogen-bond donors (Lipinski definition) is 2. The standard InChI is InChI=1S/C28H37FN6O3/c1-15-8-10-17(11-9-15)22(34-27(37)38-28(3,4)5)25-32-20-13-12-18(21(29)24(20)33-25)19-14-30-16(2)31-23(19)26(36)35(6)7/h12-15,17,22H,8-11H2,1-7H3,(H,32,33)(H,34,37). The highest BCUT2D eigenvalue weighted by Crippen LogP contribution is 2.38. The highest BCUT2D eigenvalue weighted by molar-refractivity contribution is 5.99. The monoisotopic (exact) mass is 524 g/mol. The van der Waals surface area contributed by atoms with E-state index in [-0.39, 0.29) is 28.6 Å². The molecule has 10 heteroatoms. The zero-order valence-corrected chi connectivity index (χ0v) is 23.2. The smallest absolute Gasteiger partial charge is 0.408 e. The minimum absolute atomic E-state index is 0.123. The molecule has 2 amide bonds. The highest BCUT2D eigenvalue weighted by Gasteiger charge is 2.33. The predicted octanol–water partition coefficient (Wildman–Crippen LogP) is 5.56. The zero-order chi connectivity index (χ0) is 27.8. The Morgan fingerprint density at radius 3 is 2.45 bits per heavy atom. The Bertz CT molecular complexity index is 1340. The first-order chi connectivity index (χ1) is 17.8. The molecule has 2 heterocycles. The van der Waals surface area contributed by atoms with Crippen LogP contribution >= 0.6 is 0 Å². The molecule has 0 spiro atoms. The van der Waals surface area contributed by atoms with Gasteiger partial charge in [-0.3, -0.25) is 4.79 Å². The molecule has 1 aromatic carbocycles. The van der Waals surface area contributed by atoms with Crippen LogP contribution in [0.3, 0.4) is 0 Å². The topological polar surface area (TPSA) is 113 Å². The lowest BCUT2D eigenvalue weighted by Gasteiger charge is -2.32. The van der Waals surface area contributed by atoms with Crippen LogP contribution in [0.15, 0.2) is 18.3 Å². The predicted molar refractivity (Wildman–Crippen MR) is 143 cm³/mol. The fraction of sp³-hybridized carbons (Fsp3) is 0.536. The SMILES string of the molecule is Cc1ncc(-c2ccc3[nH]c(C(NC(=O)OC(C)(C)C)C4CCC(C)CC4)nc3c2F)c(C(=O)N(C)C)n1. The van der Waals surface area contributed by atoms with Crippen LogP contribution in [-0.4, -0.2) is 56.5 Å². The van der Waals surface area contributed by atoms with Gasteiger partial charge in [-0.2, -0.15) is 0 Å². The average molecular weight is 525 g/mol. The van der Waals surface area contributed by atoms with E-state index in [0.29, 0.717) is 28.6 Å². The van der Waals surface area contributed by atoms with Crippen LogP contribution in [0.2, 0.25) is 0 Å². The normalized spacial score (nSPS) is 18.7. The maximum absolute atomic E-state index is 16.0. The molecule has 2 N–H and O–H groups in total. The third-order valence-electron chi connectivity index (χ3n) is 6.92. The Balaban J connectivity index is 1.75. The Hall–Kier alpha value is -3.56. The lowest BCUT2D eigenvalue weighted by Crippen LogP contribution is -2.39. The van der Waals surface area contributed by atoms with Crippen molar-refractivity contribution >= 4 is 23.0 Å². The number of aromatic nitrogens is 4. The molecule has 4 rings (SSSR count). The summed E-state index contributed by atoms with van der Waals surface area (Å²) < 4.78 is 21.5. The molecular formula is C28H37FN6O3. The molecule has 1 unspecified atom stereocenters. The number of benzene rings is 1. The van der Waals surface area contributed by atoms with Crippen molar-refractivity contribution < 1.29 is 18.7 Å². The van der Waals surface area contributed by atoms with Crippen LogP contribution in [-0.2, 0) is 4.74 Å². The fourth-order valence-corrected chi connectivity index (χ4v) is 4.92. The summed E-state index contributed by atoms with van der Waals surface area (Å²) in [4.78, 5) is 43.3. The summed E-state index contributed by atoms with van der Waals surface area (Å²) in [6.45, 7) is 9.35. The number of hydrogen-bond acceptors (Lipinski definition) is 6. The summed E-state index contributed by atoms with van der Waals surface area (Å²) in [5.41, 5.74) is 0.572. The first kappa shape index (κ1) is 27.5. The number of fused-ring (bicyclic) bond motifs is 1. The Kier molecular flexibility index (Phi) is 7.71. The van der Waals surface area contributed by atoms with E-state index in [1.54, 1.807) is 33.2 Å². The number of aromatic amines is 1. The lowest BCUT2D eigenvalue weighted by molar-refractivity contribution is 0.0468. The molecule has 2 aromatic heterocycles. The van der Waals surface area contributed by atoms with Crippen molar-refractivity contribution in [3.8, 4) is 11.1 Å². The number of ether oxygens (including phenoxy) is 1. The van der Waals surface area contributed by atoms with Gasteiger partial charge in [0, 0.05) is 31.4 Å². The third-order valence-corrected chi connectivity index (χ3v) is 6.92. The molecule has 1 saturated carbocycles. The van der Waals surface area contributed by atoms with E-state index in [1.807, 2.05) is 20.8 Å². The molecule has 0 bridgehead atoms. The second-order valence-corrected chi connectivity index (χ2v) is 11.5. The van der Waals surface area contributed by atoms with Crippen molar-refractivity contribution in [2.45, 2.75) is 71.9 Å². The van der Waals surface area contributed by atoms with Gasteiger partial charge in [-0.15, -0.1) is 0 Å². The number of carbonyl (C=O) groups excluding carboxylic acids is 2. The van der Waals surface area contributed by atoms with Gasteiger partial charge in [-0.05, 0) is 64.5 Å². The van der Waals surface area contributed by atoms with Crippen molar-refractivity contribution in [3.63, 3.8) is 0 Å². The highest BCUT2D eigenvalue weighted by atomic mass is 19.1. The van der Waals surface area contributed by atoms with Gasteiger partial charge in [0.1, 0.15) is 28.5 Å². The van der Waals surface area contributed by atoms with Crippen LogP contribution in [0, 0.1) is 24.6 Å². The van der Waals surface area contributed by atoms with Crippen molar-refractivity contribution in [2.24, 2.45) is 11.8 Å². The summed E-state index contributed by atoms with van der Waals surface area (Å²) in [7, 11) is 3.24. The minimum atomic E-state index is -0.650. The van der Waals surface area contributed by atoms with Gasteiger partial charge in [-0.1, -0.05) is 19.8 Å². The van der Waals surface area contributed by atoms with Crippen LogP contribution in [0.5, 0.6) is 0 Å². The van der Waals surface area contributed by atoms with Crippen molar-refractivity contribution in [3.05, 3.63) is 41.5 Å². The van der Waals surface area contributed by atoms with E-state index in [4.69, 9.17) is 4.74 Å². The molecule has 0 aliphatic heterocycles. The second kappa shape index (κ2) is 10.7. The minimum Gasteiger partial charge on any atom is -0.444 e. The number of amides is 2. The summed E-state index contributed by atoms with van der Waals surface area (Å²) in [6, 6.07) is 2.86. The number of rotatable bonds is 5. The van der Waals surface area contributed by atoms with E-state index >= 15 is 4.39 Å². The van der Waals surface area contributed by atoms with E-state index in [0.717, 1.165) is 25.7 Å². The van der Waals surface area contributed by atoms with E-state index in [2.05, 4.69) is 32.2 Å². The van der Waals surface area contributed by atoms with Crippen LogP contribution in [0.25, 0.3) is 22.2 Å². The van der Waals surface area contributed by atoms with Crippen LogP contribution < -0.4 is 5.32 Å². The van der Waals surface area contributed by atoms with Crippen molar-refractivity contribution in [1.29, 1.82) is 0 Å². The average Bonchev–Trinajstić information content (AvgIpc) is 3.27. The number of nitrogens with zero attached hydrogens (tertiary/aromatic N) is 4. The maximum atomic E-state index is 16.0. The van der Waals surface area contributed by atoms with Gasteiger partial charge < -0.3 is 19.9 Å². The third kappa shape index (κ3) is 5.95. The van der Waals surface area contributed by atoms with Gasteiger partial charge in [0.05, 0.1) is 11.6 Å². The molecule has 1 fully saturated rings. The summed E-state index contributed by atoms with van der Waals surface area (Å²) >= 11 is 0. The lowest BCUT2D eigenvalue weighted by atomic mass is 9.79. The molecule has 1 aliphatic rings. The van der Waals surface area contributed by atoms with E-state index in [9.17, 15) is 9.59 Å². The molecule has 38 heavy (non-hydrogen) atoms. The molecule has 204 valence electrons. The number of halogens is 1. The van der Waals surface area contributed by atoms with Crippen LogP contribution in [0.1, 0.15) is 81.6 Å². The Labute approximate surface area is 222 Å². The number of H-pyrrole nitrogens is 1. The molecule has 1 atom stereocenters. The zero-order valence-electron chi connectivity index (χ0n) is 23.2. The van der Waals surface area contributed by atoms with Gasteiger partial charge in [-0.25, -0.2) is 24.1 Å². The summed E-state index contributed by atoms with van der Waals surface area (Å²) in [6.07, 6.45) is 4.86. The molecule has 9 nitrogen and oxygen atoms in total. The molecular weight excluding hydrogens is 487 g/mol.